The van der Waals surface area contributed by atoms with Crippen LogP contribution >= 0.6 is 0 Å². The lowest BCUT2D eigenvalue weighted by molar-refractivity contribution is -0.146. The Morgan fingerprint density at radius 3 is 2.32 bits per heavy atom. The fourth-order valence-corrected chi connectivity index (χ4v) is 2.16. The molecule has 2 aromatic rings. The van der Waals surface area contributed by atoms with E-state index in [-0.39, 0.29) is 17.1 Å². The molecule has 1 atom stereocenters. The molecular formula is C16H14O6. The number of phenols is 1. The van der Waals surface area contributed by atoms with Crippen LogP contribution in [0.25, 0.3) is 11.1 Å². The van der Waals surface area contributed by atoms with Crippen LogP contribution in [0, 0.1) is 0 Å². The zero-order valence-electron chi connectivity index (χ0n) is 11.7. The summed E-state index contributed by atoms with van der Waals surface area (Å²) in [7, 11) is 1.37. The summed E-state index contributed by atoms with van der Waals surface area (Å²) in [4.78, 5) is 21.9. The molecule has 0 amide bonds. The Labute approximate surface area is 126 Å². The molecule has 3 N–H and O–H groups in total. The van der Waals surface area contributed by atoms with Crippen LogP contribution < -0.4 is 4.74 Å². The Bertz CT molecular complexity index is 705. The van der Waals surface area contributed by atoms with E-state index in [2.05, 4.69) is 0 Å². The molecule has 0 aliphatic rings. The Balaban J connectivity index is 2.55. The van der Waals surface area contributed by atoms with Gasteiger partial charge in [-0.2, -0.15) is 0 Å². The molecule has 0 saturated heterocycles. The minimum atomic E-state index is -1.62. The molecule has 6 nitrogen and oxygen atoms in total. The van der Waals surface area contributed by atoms with Crippen LogP contribution in [0.15, 0.2) is 36.4 Å². The lowest BCUT2D eigenvalue weighted by Crippen LogP contribution is -2.10. The van der Waals surface area contributed by atoms with Gasteiger partial charge in [-0.25, -0.2) is 4.79 Å². The quantitative estimate of drug-likeness (QED) is 0.730. The second-order valence-electron chi connectivity index (χ2n) is 4.56. The van der Waals surface area contributed by atoms with E-state index in [0.717, 1.165) is 0 Å². The van der Waals surface area contributed by atoms with Crippen molar-refractivity contribution in [3.05, 3.63) is 47.5 Å². The number of hydrogen-bond donors (Lipinski definition) is 3. The lowest BCUT2D eigenvalue weighted by Gasteiger charge is -2.13. The van der Waals surface area contributed by atoms with Crippen molar-refractivity contribution in [3.8, 4) is 22.6 Å². The summed E-state index contributed by atoms with van der Waals surface area (Å²) in [6.07, 6.45) is -0.984. The van der Waals surface area contributed by atoms with Gasteiger partial charge < -0.3 is 20.1 Å². The molecule has 6 heteroatoms. The lowest BCUT2D eigenvalue weighted by atomic mass is 9.96. The minimum absolute atomic E-state index is 0.113. The largest absolute Gasteiger partial charge is 0.504 e. The number of aliphatic carboxylic acids is 1. The monoisotopic (exact) mass is 302 g/mol. The topological polar surface area (TPSA) is 104 Å². The maximum Gasteiger partial charge on any atom is 0.337 e. The van der Waals surface area contributed by atoms with E-state index < -0.39 is 12.1 Å². The highest BCUT2D eigenvalue weighted by atomic mass is 16.5. The Hall–Kier alpha value is -2.86. The van der Waals surface area contributed by atoms with Crippen molar-refractivity contribution in [1.29, 1.82) is 0 Å². The third kappa shape index (κ3) is 2.77. The third-order valence-corrected chi connectivity index (χ3v) is 3.25. The maximum absolute atomic E-state index is 11.2. The van der Waals surface area contributed by atoms with E-state index in [1.165, 1.54) is 31.4 Å². The molecule has 0 spiro atoms. The fourth-order valence-electron chi connectivity index (χ4n) is 2.16. The predicted octanol–water partition coefficient (Wildman–Crippen LogP) is 2.00. The van der Waals surface area contributed by atoms with Gasteiger partial charge in [0.25, 0.3) is 0 Å². The molecule has 2 aromatic carbocycles. The van der Waals surface area contributed by atoms with Crippen molar-refractivity contribution in [2.75, 3.05) is 7.11 Å². The van der Waals surface area contributed by atoms with Gasteiger partial charge in [0.15, 0.2) is 23.9 Å². The van der Waals surface area contributed by atoms with Gasteiger partial charge in [-0.3, -0.25) is 4.79 Å². The second-order valence-corrected chi connectivity index (χ2v) is 4.56. The highest BCUT2D eigenvalue weighted by molar-refractivity contribution is 5.92. The van der Waals surface area contributed by atoms with Crippen LogP contribution in [0.1, 0.15) is 22.0 Å². The Kier molecular flexibility index (Phi) is 4.43. The first-order chi connectivity index (χ1) is 10.5. The van der Waals surface area contributed by atoms with Crippen molar-refractivity contribution in [3.63, 3.8) is 0 Å². The van der Waals surface area contributed by atoms with Gasteiger partial charge in [-0.05, 0) is 23.3 Å². The first-order valence-corrected chi connectivity index (χ1v) is 6.36. The first kappa shape index (κ1) is 15.5. The first-order valence-electron chi connectivity index (χ1n) is 6.36. The summed E-state index contributed by atoms with van der Waals surface area (Å²) in [6.45, 7) is 0. The predicted molar refractivity (Wildman–Crippen MR) is 78.1 cm³/mol. The average molecular weight is 302 g/mol. The van der Waals surface area contributed by atoms with Crippen molar-refractivity contribution in [2.24, 2.45) is 0 Å². The molecule has 0 fully saturated rings. The van der Waals surface area contributed by atoms with Crippen LogP contribution in [0.2, 0.25) is 0 Å². The number of carboxylic acid groups (broad SMARTS) is 1. The van der Waals surface area contributed by atoms with E-state index >= 15 is 0 Å². The highest BCUT2D eigenvalue weighted by Crippen LogP contribution is 2.39. The number of ether oxygens (including phenoxy) is 1. The van der Waals surface area contributed by atoms with E-state index in [0.29, 0.717) is 23.0 Å². The average Bonchev–Trinajstić information content (AvgIpc) is 2.53. The summed E-state index contributed by atoms with van der Waals surface area (Å²) in [5, 5.41) is 28.1. The van der Waals surface area contributed by atoms with Crippen molar-refractivity contribution in [2.45, 2.75) is 6.10 Å². The number of carboxylic acids is 1. The van der Waals surface area contributed by atoms with Gasteiger partial charge in [0.1, 0.15) is 0 Å². The van der Waals surface area contributed by atoms with Crippen molar-refractivity contribution >= 4 is 12.3 Å². The summed E-state index contributed by atoms with van der Waals surface area (Å²) in [5.41, 5.74) is 1.48. The molecule has 0 bridgehead atoms. The van der Waals surface area contributed by atoms with Gasteiger partial charge >= 0.3 is 5.97 Å². The van der Waals surface area contributed by atoms with E-state index in [9.17, 15) is 19.8 Å². The zero-order chi connectivity index (χ0) is 16.3. The summed E-state index contributed by atoms with van der Waals surface area (Å²) < 4.78 is 5.14. The molecule has 1 unspecified atom stereocenters. The van der Waals surface area contributed by atoms with Crippen LogP contribution in [0.4, 0.5) is 0 Å². The van der Waals surface area contributed by atoms with Crippen molar-refractivity contribution in [1.82, 2.24) is 0 Å². The van der Waals surface area contributed by atoms with Crippen LogP contribution in [0.5, 0.6) is 11.5 Å². The van der Waals surface area contributed by atoms with Crippen LogP contribution in [-0.4, -0.2) is 34.7 Å². The minimum Gasteiger partial charge on any atom is -0.504 e. The molecule has 22 heavy (non-hydrogen) atoms. The number of benzene rings is 2. The molecule has 0 heterocycles. The van der Waals surface area contributed by atoms with Crippen molar-refractivity contribution < 1.29 is 29.6 Å². The number of hydrogen-bond acceptors (Lipinski definition) is 5. The molecule has 0 saturated carbocycles. The number of aromatic hydroxyl groups is 1. The molecule has 0 aromatic heterocycles. The third-order valence-electron chi connectivity index (χ3n) is 3.25. The second kappa shape index (κ2) is 6.28. The summed E-state index contributed by atoms with van der Waals surface area (Å²) in [6, 6.07) is 8.78. The normalized spacial score (nSPS) is 11.7. The molecule has 0 aliphatic carbocycles. The number of carbonyl (C=O) groups excluding carboxylic acids is 1. The van der Waals surface area contributed by atoms with Gasteiger partial charge in [0.2, 0.25) is 0 Å². The SMILES string of the molecule is COc1c(O)ccc(C=O)c1-c1ccc(C(O)C(=O)O)cc1. The smallest absolute Gasteiger partial charge is 0.337 e. The molecule has 0 aliphatic heterocycles. The van der Waals surface area contributed by atoms with Gasteiger partial charge in [-0.15, -0.1) is 0 Å². The molecular weight excluding hydrogens is 288 g/mol. The fraction of sp³-hybridized carbons (Fsp3) is 0.125. The van der Waals surface area contributed by atoms with E-state index in [4.69, 9.17) is 9.84 Å². The molecule has 114 valence electrons. The molecule has 0 radical (unpaired) electrons. The number of rotatable bonds is 5. The zero-order valence-corrected chi connectivity index (χ0v) is 11.7. The summed E-state index contributed by atoms with van der Waals surface area (Å²) in [5.74, 6) is -1.31. The number of aldehydes is 1. The number of aliphatic hydroxyl groups is 1. The van der Waals surface area contributed by atoms with Gasteiger partial charge in [-0.1, -0.05) is 24.3 Å². The summed E-state index contributed by atoms with van der Waals surface area (Å²) >= 11 is 0. The van der Waals surface area contributed by atoms with Crippen LogP contribution in [-0.2, 0) is 4.79 Å². The highest BCUT2D eigenvalue weighted by Gasteiger charge is 2.18. The Morgan fingerprint density at radius 2 is 1.82 bits per heavy atom. The van der Waals surface area contributed by atoms with E-state index in [1.807, 2.05) is 0 Å². The Morgan fingerprint density at radius 1 is 1.18 bits per heavy atom. The standard InChI is InChI=1S/C16H14O6/c1-22-15-12(18)7-6-11(8-17)13(15)9-2-4-10(5-3-9)14(19)16(20)21/h2-8,14,18-19H,1H3,(H,20,21). The van der Waals surface area contributed by atoms with E-state index in [1.54, 1.807) is 12.1 Å². The van der Waals surface area contributed by atoms with Gasteiger partial charge in [0, 0.05) is 11.1 Å². The van der Waals surface area contributed by atoms with Gasteiger partial charge in [0.05, 0.1) is 7.11 Å². The van der Waals surface area contributed by atoms with Crippen LogP contribution in [0.3, 0.4) is 0 Å². The maximum atomic E-state index is 11.2. The number of phenolic OH excluding ortho intramolecular Hbond substituents is 1. The number of methoxy groups -OCH3 is 1. The molecule has 2 rings (SSSR count). The number of carbonyl (C=O) groups is 2. The number of aliphatic hydroxyl groups excluding tert-OH is 1.